The predicted molar refractivity (Wildman–Crippen MR) is 111 cm³/mol. The summed E-state index contributed by atoms with van der Waals surface area (Å²) in [6.45, 7) is 4.97. The molecule has 1 aromatic rings. The van der Waals surface area contributed by atoms with Gasteiger partial charge in [0.15, 0.2) is 0 Å². The summed E-state index contributed by atoms with van der Waals surface area (Å²) in [6, 6.07) is 3.94. The van der Waals surface area contributed by atoms with Crippen molar-refractivity contribution >= 4 is 56.7 Å². The summed E-state index contributed by atoms with van der Waals surface area (Å²) in [7, 11) is 3.30. The third-order valence-electron chi connectivity index (χ3n) is 2.90. The second kappa shape index (κ2) is 11.8. The van der Waals surface area contributed by atoms with E-state index in [1.165, 1.54) is 23.5 Å². The molecule has 0 radical (unpaired) electrons. The lowest BCUT2D eigenvalue weighted by molar-refractivity contribution is 0.346. The minimum atomic E-state index is 0.528. The highest BCUT2D eigenvalue weighted by atomic mass is 32.2. The van der Waals surface area contributed by atoms with Crippen LogP contribution in [0.4, 0.5) is 0 Å². The van der Waals surface area contributed by atoms with Crippen molar-refractivity contribution in [2.45, 2.75) is 25.4 Å². The van der Waals surface area contributed by atoms with Crippen LogP contribution >= 0.6 is 48.0 Å². The minimum absolute atomic E-state index is 0.528. The zero-order valence-electron chi connectivity index (χ0n) is 14.2. The molecule has 0 aromatic heterocycles. The minimum Gasteiger partial charge on any atom is -0.496 e. The maximum absolute atomic E-state index is 5.51. The molecule has 0 amide bonds. The number of ether oxygens (including phenoxy) is 4. The van der Waals surface area contributed by atoms with Crippen molar-refractivity contribution in [3.63, 3.8) is 0 Å². The fourth-order valence-electron chi connectivity index (χ4n) is 1.84. The van der Waals surface area contributed by atoms with Gasteiger partial charge in [-0.15, -0.1) is 0 Å². The molecule has 1 rings (SSSR count). The van der Waals surface area contributed by atoms with E-state index in [4.69, 9.17) is 43.4 Å². The zero-order chi connectivity index (χ0) is 17.9. The van der Waals surface area contributed by atoms with E-state index in [0.29, 0.717) is 33.5 Å². The molecule has 8 heteroatoms. The van der Waals surface area contributed by atoms with Gasteiger partial charge in [-0.3, -0.25) is 0 Å². The summed E-state index contributed by atoms with van der Waals surface area (Å²) in [5.74, 6) is 2.90. The summed E-state index contributed by atoms with van der Waals surface area (Å²) in [5, 5.41) is 0. The summed E-state index contributed by atoms with van der Waals surface area (Å²) in [4.78, 5) is 0. The lowest BCUT2D eigenvalue weighted by Gasteiger charge is -2.15. The summed E-state index contributed by atoms with van der Waals surface area (Å²) < 4.78 is 22.7. The van der Waals surface area contributed by atoms with E-state index in [9.17, 15) is 0 Å². The Balaban J connectivity index is 2.87. The van der Waals surface area contributed by atoms with Crippen LogP contribution in [0.25, 0.3) is 0 Å². The lowest BCUT2D eigenvalue weighted by Crippen LogP contribution is -2.01. The van der Waals surface area contributed by atoms with Gasteiger partial charge in [0.25, 0.3) is 0 Å². The lowest BCUT2D eigenvalue weighted by atomic mass is 10.1. The number of hydrogen-bond acceptors (Lipinski definition) is 8. The largest absolute Gasteiger partial charge is 0.496 e. The Labute approximate surface area is 162 Å². The van der Waals surface area contributed by atoms with Crippen LogP contribution in [0.2, 0.25) is 0 Å². The van der Waals surface area contributed by atoms with Gasteiger partial charge < -0.3 is 18.9 Å². The van der Waals surface area contributed by atoms with E-state index in [-0.39, 0.29) is 0 Å². The molecule has 1 aromatic carbocycles. The molecule has 0 aliphatic rings. The molecule has 0 saturated heterocycles. The van der Waals surface area contributed by atoms with Gasteiger partial charge in [-0.2, -0.15) is 0 Å². The van der Waals surface area contributed by atoms with Crippen LogP contribution < -0.4 is 9.47 Å². The van der Waals surface area contributed by atoms with Gasteiger partial charge in [-0.25, -0.2) is 0 Å². The summed E-state index contributed by atoms with van der Waals surface area (Å²) in [5.41, 5.74) is 2.00. The Morgan fingerprint density at radius 1 is 0.833 bits per heavy atom. The highest BCUT2D eigenvalue weighted by Gasteiger charge is 2.13. The first-order valence-electron chi connectivity index (χ1n) is 7.38. The van der Waals surface area contributed by atoms with Crippen LogP contribution in [0.3, 0.4) is 0 Å². The van der Waals surface area contributed by atoms with E-state index >= 15 is 0 Å². The second-order valence-corrected chi connectivity index (χ2v) is 7.57. The van der Waals surface area contributed by atoms with Gasteiger partial charge in [-0.1, -0.05) is 23.5 Å². The van der Waals surface area contributed by atoms with Crippen molar-refractivity contribution in [1.82, 2.24) is 0 Å². The molecular weight excluding hydrogens is 384 g/mol. The highest BCUT2D eigenvalue weighted by Crippen LogP contribution is 2.34. The third-order valence-corrected chi connectivity index (χ3v) is 5.46. The van der Waals surface area contributed by atoms with Gasteiger partial charge in [0, 0.05) is 22.6 Å². The van der Waals surface area contributed by atoms with Crippen molar-refractivity contribution in [1.29, 1.82) is 0 Å². The average Bonchev–Trinajstić information content (AvgIpc) is 2.58. The Morgan fingerprint density at radius 2 is 1.21 bits per heavy atom. The van der Waals surface area contributed by atoms with Crippen LogP contribution in [0, 0.1) is 0 Å². The molecule has 4 nitrogen and oxygen atoms in total. The molecule has 0 atom stereocenters. The topological polar surface area (TPSA) is 36.9 Å². The Hall–Kier alpha value is -0.700. The molecule has 0 bridgehead atoms. The Bertz CT molecular complexity index is 514. The first-order chi connectivity index (χ1) is 11.5. The van der Waals surface area contributed by atoms with Crippen LogP contribution in [0.5, 0.6) is 11.5 Å². The van der Waals surface area contributed by atoms with Gasteiger partial charge >= 0.3 is 0 Å². The molecule has 0 spiro atoms. The molecular formula is C16H22O4S4. The Kier molecular flexibility index (Phi) is 10.5. The maximum Gasteiger partial charge on any atom is 0.220 e. The van der Waals surface area contributed by atoms with Gasteiger partial charge in [-0.05, 0) is 50.4 Å². The highest BCUT2D eigenvalue weighted by molar-refractivity contribution is 8.22. The average molecular weight is 407 g/mol. The molecule has 0 aliphatic heterocycles. The van der Waals surface area contributed by atoms with Crippen molar-refractivity contribution in [3.8, 4) is 11.5 Å². The number of benzene rings is 1. The fraction of sp³-hybridized carbons (Fsp3) is 0.500. The van der Waals surface area contributed by atoms with E-state index < -0.39 is 0 Å². The van der Waals surface area contributed by atoms with Gasteiger partial charge in [0.2, 0.25) is 8.77 Å². The standard InChI is InChI=1S/C16H22O4S4/c1-5-19-15(21)23-9-11-7-14(18-4)12(8-13(11)17-3)10-24-16(22)20-6-2/h7-8H,5-6,9-10H2,1-4H3. The van der Waals surface area contributed by atoms with E-state index in [0.717, 1.165) is 22.6 Å². The fourth-order valence-corrected chi connectivity index (χ4v) is 3.83. The smallest absolute Gasteiger partial charge is 0.220 e. The van der Waals surface area contributed by atoms with E-state index in [1.807, 2.05) is 26.0 Å². The van der Waals surface area contributed by atoms with Crippen molar-refractivity contribution < 1.29 is 18.9 Å². The van der Waals surface area contributed by atoms with Gasteiger partial charge in [0.1, 0.15) is 11.5 Å². The quantitative estimate of drug-likeness (QED) is 0.569. The number of methoxy groups -OCH3 is 2. The predicted octanol–water partition coefficient (Wildman–Crippen LogP) is 4.81. The van der Waals surface area contributed by atoms with E-state index in [1.54, 1.807) is 14.2 Å². The molecule has 0 fully saturated rings. The second-order valence-electron chi connectivity index (χ2n) is 4.42. The number of hydrogen-bond donors (Lipinski definition) is 0. The van der Waals surface area contributed by atoms with Crippen LogP contribution in [-0.2, 0) is 21.0 Å². The monoisotopic (exact) mass is 406 g/mol. The molecule has 0 saturated carbocycles. The van der Waals surface area contributed by atoms with Crippen LogP contribution in [-0.4, -0.2) is 36.2 Å². The normalized spacial score (nSPS) is 10.2. The Morgan fingerprint density at radius 3 is 1.50 bits per heavy atom. The van der Waals surface area contributed by atoms with Crippen molar-refractivity contribution in [2.24, 2.45) is 0 Å². The zero-order valence-corrected chi connectivity index (χ0v) is 17.5. The number of thiocarbonyl (C=S) groups is 2. The number of rotatable bonds is 8. The maximum atomic E-state index is 5.51. The summed E-state index contributed by atoms with van der Waals surface area (Å²) in [6.07, 6.45) is 0. The summed E-state index contributed by atoms with van der Waals surface area (Å²) >= 11 is 13.2. The van der Waals surface area contributed by atoms with Gasteiger partial charge in [0.05, 0.1) is 27.4 Å². The van der Waals surface area contributed by atoms with E-state index in [2.05, 4.69) is 0 Å². The molecule has 0 heterocycles. The SMILES string of the molecule is CCOC(=S)SCc1cc(OC)c(CSC(=S)OCC)cc1OC. The van der Waals surface area contributed by atoms with Crippen molar-refractivity contribution in [2.75, 3.05) is 27.4 Å². The molecule has 0 N–H and O–H groups in total. The van der Waals surface area contributed by atoms with Crippen LogP contribution in [0.15, 0.2) is 12.1 Å². The first-order valence-corrected chi connectivity index (χ1v) is 10.2. The molecule has 0 aliphatic carbocycles. The van der Waals surface area contributed by atoms with Crippen molar-refractivity contribution in [3.05, 3.63) is 23.3 Å². The molecule has 134 valence electrons. The van der Waals surface area contributed by atoms with Crippen LogP contribution in [0.1, 0.15) is 25.0 Å². The first kappa shape index (κ1) is 21.3. The third kappa shape index (κ3) is 7.04. The number of thioether (sulfide) groups is 2. The molecule has 0 unspecified atom stereocenters. The molecule has 24 heavy (non-hydrogen) atoms.